The molecule has 2 fully saturated rings. The molecule has 0 radical (unpaired) electrons. The number of hydrogen-bond acceptors (Lipinski definition) is 5. The molecule has 3 heterocycles. The lowest BCUT2D eigenvalue weighted by atomic mass is 10.2. The monoisotopic (exact) mass is 385 g/mol. The van der Waals surface area contributed by atoms with Gasteiger partial charge in [-0.25, -0.2) is 13.2 Å². The van der Waals surface area contributed by atoms with Gasteiger partial charge in [-0.15, -0.1) is 11.3 Å². The molecule has 0 aliphatic carbocycles. The van der Waals surface area contributed by atoms with Gasteiger partial charge >= 0.3 is 6.03 Å². The summed E-state index contributed by atoms with van der Waals surface area (Å²) in [6, 6.07) is 3.52. The van der Waals surface area contributed by atoms with Gasteiger partial charge in [0.25, 0.3) is 5.91 Å². The van der Waals surface area contributed by atoms with Crippen molar-refractivity contribution in [2.24, 2.45) is 0 Å². The number of rotatable bonds is 3. The summed E-state index contributed by atoms with van der Waals surface area (Å²) in [5.41, 5.74) is 0. The van der Waals surface area contributed by atoms with Crippen molar-refractivity contribution in [3.05, 3.63) is 21.9 Å². The second kappa shape index (κ2) is 7.33. The van der Waals surface area contributed by atoms with Crippen LogP contribution in [-0.4, -0.2) is 73.9 Å². The summed E-state index contributed by atoms with van der Waals surface area (Å²) in [6.45, 7) is 4.04. The molecule has 1 N–H and O–H groups in total. The first-order valence-corrected chi connectivity index (χ1v) is 11.0. The Labute approximate surface area is 151 Å². The Kier molecular flexibility index (Phi) is 5.33. The molecule has 3 rings (SSSR count). The average molecular weight is 386 g/mol. The third-order valence-corrected chi connectivity index (χ3v) is 8.01. The third kappa shape index (κ3) is 4.14. The van der Waals surface area contributed by atoms with Crippen LogP contribution in [0.1, 0.15) is 27.4 Å². The van der Waals surface area contributed by atoms with Crippen LogP contribution in [0.5, 0.6) is 0 Å². The predicted octanol–water partition coefficient (Wildman–Crippen LogP) is 1.10. The van der Waals surface area contributed by atoms with E-state index < -0.39 is 15.1 Å². The van der Waals surface area contributed by atoms with Gasteiger partial charge in [0.15, 0.2) is 9.84 Å². The van der Waals surface area contributed by atoms with Crippen LogP contribution in [0.4, 0.5) is 4.79 Å². The molecule has 2 saturated heterocycles. The fraction of sp³-hybridized carbons (Fsp3) is 0.625. The van der Waals surface area contributed by atoms with E-state index in [1.807, 2.05) is 19.1 Å². The molecule has 1 aromatic rings. The highest BCUT2D eigenvalue weighted by Crippen LogP contribution is 2.20. The Hall–Kier alpha value is -1.61. The number of thiophene rings is 1. The van der Waals surface area contributed by atoms with Gasteiger partial charge < -0.3 is 15.1 Å². The van der Waals surface area contributed by atoms with Crippen molar-refractivity contribution in [1.82, 2.24) is 15.1 Å². The molecule has 1 unspecified atom stereocenters. The zero-order valence-corrected chi connectivity index (χ0v) is 15.9. The van der Waals surface area contributed by atoms with Gasteiger partial charge in [-0.3, -0.25) is 4.79 Å². The van der Waals surface area contributed by atoms with Crippen LogP contribution in [0, 0.1) is 6.92 Å². The lowest BCUT2D eigenvalue weighted by Gasteiger charge is -2.34. The van der Waals surface area contributed by atoms with E-state index in [1.165, 1.54) is 11.3 Å². The molecule has 2 aliphatic heterocycles. The third-order valence-electron chi connectivity index (χ3n) is 4.75. The molecule has 0 aromatic carbocycles. The quantitative estimate of drug-likeness (QED) is 0.844. The van der Waals surface area contributed by atoms with Crippen LogP contribution >= 0.6 is 11.3 Å². The molecule has 3 amide bonds. The van der Waals surface area contributed by atoms with Crippen molar-refractivity contribution in [1.29, 1.82) is 0 Å². The van der Waals surface area contributed by atoms with Crippen molar-refractivity contribution in [3.63, 3.8) is 0 Å². The summed E-state index contributed by atoms with van der Waals surface area (Å²) in [5, 5.41) is 2.28. The van der Waals surface area contributed by atoms with E-state index in [4.69, 9.17) is 0 Å². The summed E-state index contributed by atoms with van der Waals surface area (Å²) in [7, 11) is -3.05. The highest BCUT2D eigenvalue weighted by molar-refractivity contribution is 7.92. The van der Waals surface area contributed by atoms with E-state index >= 15 is 0 Å². The van der Waals surface area contributed by atoms with E-state index in [0.29, 0.717) is 39.0 Å². The molecule has 1 aromatic heterocycles. The molecule has 7 nitrogen and oxygen atoms in total. The van der Waals surface area contributed by atoms with Crippen LogP contribution in [0.25, 0.3) is 0 Å². The zero-order valence-electron chi connectivity index (χ0n) is 14.2. The Morgan fingerprint density at radius 1 is 1.20 bits per heavy atom. The summed E-state index contributed by atoms with van der Waals surface area (Å²) >= 11 is 1.48. The van der Waals surface area contributed by atoms with Crippen LogP contribution in [0.3, 0.4) is 0 Å². The molecule has 25 heavy (non-hydrogen) atoms. The lowest BCUT2D eigenvalue weighted by molar-refractivity contribution is 0.0670. The fourth-order valence-electron chi connectivity index (χ4n) is 3.22. The molecule has 0 spiro atoms. The maximum Gasteiger partial charge on any atom is 0.317 e. The highest BCUT2D eigenvalue weighted by atomic mass is 32.2. The molecular formula is C16H23N3O4S2. The molecule has 1 atom stereocenters. The number of amides is 3. The normalized spacial score (nSPS) is 22.8. The number of carbonyl (C=O) groups is 2. The SMILES string of the molecule is Cc1ccc(C(=O)N2CCN(C(=O)NCC3CCCS3(=O)=O)CC2)s1. The first-order valence-electron chi connectivity index (χ1n) is 8.47. The van der Waals surface area contributed by atoms with Crippen LogP contribution < -0.4 is 5.32 Å². The van der Waals surface area contributed by atoms with E-state index in [9.17, 15) is 18.0 Å². The summed E-state index contributed by atoms with van der Waals surface area (Å²) in [4.78, 5) is 29.9. The maximum atomic E-state index is 12.4. The lowest BCUT2D eigenvalue weighted by Crippen LogP contribution is -2.53. The van der Waals surface area contributed by atoms with Crippen molar-refractivity contribution >= 4 is 33.1 Å². The second-order valence-electron chi connectivity index (χ2n) is 6.51. The second-order valence-corrected chi connectivity index (χ2v) is 10.2. The van der Waals surface area contributed by atoms with Gasteiger partial charge in [-0.05, 0) is 31.9 Å². The van der Waals surface area contributed by atoms with Gasteiger partial charge in [0.05, 0.1) is 15.9 Å². The van der Waals surface area contributed by atoms with E-state index in [0.717, 1.165) is 9.75 Å². The van der Waals surface area contributed by atoms with E-state index in [-0.39, 0.29) is 24.2 Å². The number of urea groups is 1. The van der Waals surface area contributed by atoms with Gasteiger partial charge in [-0.2, -0.15) is 0 Å². The smallest absolute Gasteiger partial charge is 0.317 e. The number of nitrogens with one attached hydrogen (secondary N) is 1. The average Bonchev–Trinajstić information content (AvgIpc) is 3.17. The summed E-state index contributed by atoms with van der Waals surface area (Å²) < 4.78 is 23.6. The van der Waals surface area contributed by atoms with Crippen molar-refractivity contribution in [2.45, 2.75) is 25.0 Å². The Balaban J connectivity index is 1.47. The molecule has 2 aliphatic rings. The number of piperazine rings is 1. The van der Waals surface area contributed by atoms with E-state index in [1.54, 1.807) is 9.80 Å². The number of aryl methyl sites for hydroxylation is 1. The Bertz CT molecular complexity index is 751. The predicted molar refractivity (Wildman–Crippen MR) is 96.7 cm³/mol. The molecule has 0 saturated carbocycles. The molecule has 138 valence electrons. The molecule has 9 heteroatoms. The van der Waals surface area contributed by atoms with Gasteiger partial charge in [0, 0.05) is 37.6 Å². The number of sulfone groups is 1. The summed E-state index contributed by atoms with van der Waals surface area (Å²) in [6.07, 6.45) is 1.29. The first kappa shape index (κ1) is 18.2. The minimum atomic E-state index is -3.05. The van der Waals surface area contributed by atoms with Gasteiger partial charge in [0.1, 0.15) is 0 Å². The first-order chi connectivity index (χ1) is 11.9. The van der Waals surface area contributed by atoms with Crippen LogP contribution in [0.15, 0.2) is 12.1 Å². The van der Waals surface area contributed by atoms with E-state index in [2.05, 4.69) is 5.32 Å². The summed E-state index contributed by atoms with van der Waals surface area (Å²) in [5.74, 6) is 0.228. The molecular weight excluding hydrogens is 362 g/mol. The minimum Gasteiger partial charge on any atom is -0.337 e. The van der Waals surface area contributed by atoms with Gasteiger partial charge in [0.2, 0.25) is 0 Å². The zero-order chi connectivity index (χ0) is 18.0. The van der Waals surface area contributed by atoms with Crippen molar-refractivity contribution < 1.29 is 18.0 Å². The van der Waals surface area contributed by atoms with Crippen LogP contribution in [-0.2, 0) is 9.84 Å². The topological polar surface area (TPSA) is 86.8 Å². The van der Waals surface area contributed by atoms with Gasteiger partial charge in [-0.1, -0.05) is 0 Å². The fourth-order valence-corrected chi connectivity index (χ4v) is 5.82. The maximum absolute atomic E-state index is 12.4. The number of hydrogen-bond donors (Lipinski definition) is 1. The van der Waals surface area contributed by atoms with Crippen molar-refractivity contribution in [3.8, 4) is 0 Å². The standard InChI is InChI=1S/C16H23N3O4S2/c1-12-4-5-14(24-12)15(20)18-6-8-19(9-7-18)16(21)17-11-13-3-2-10-25(13,22)23/h4-5,13H,2-3,6-11H2,1H3,(H,17,21). The number of nitrogens with zero attached hydrogens (tertiary/aromatic N) is 2. The number of carbonyl (C=O) groups excluding carboxylic acids is 2. The Morgan fingerprint density at radius 2 is 1.88 bits per heavy atom. The van der Waals surface area contributed by atoms with Crippen molar-refractivity contribution in [2.75, 3.05) is 38.5 Å². The highest BCUT2D eigenvalue weighted by Gasteiger charge is 2.32. The molecule has 0 bridgehead atoms. The van der Waals surface area contributed by atoms with Crippen LogP contribution in [0.2, 0.25) is 0 Å². The Morgan fingerprint density at radius 3 is 2.44 bits per heavy atom. The minimum absolute atomic E-state index is 0.00945. The largest absolute Gasteiger partial charge is 0.337 e.